The maximum Gasteiger partial charge on any atom is 0.365 e. The van der Waals surface area contributed by atoms with Crippen LogP contribution in [0.4, 0.5) is 5.95 Å². The van der Waals surface area contributed by atoms with Crippen molar-refractivity contribution in [2.45, 2.75) is 6.17 Å². The average Bonchev–Trinajstić information content (AvgIpc) is 3.04. The first-order valence-electron chi connectivity index (χ1n) is 8.08. The third-order valence-corrected chi connectivity index (χ3v) is 4.40. The van der Waals surface area contributed by atoms with Gasteiger partial charge in [-0.05, 0) is 24.3 Å². The van der Waals surface area contributed by atoms with E-state index in [1.165, 1.54) is 0 Å². The molecule has 0 amide bonds. The summed E-state index contributed by atoms with van der Waals surface area (Å²) in [5, 5.41) is 3.08. The van der Waals surface area contributed by atoms with Gasteiger partial charge in [0.05, 0.1) is 21.3 Å². The van der Waals surface area contributed by atoms with Crippen LogP contribution in [-0.4, -0.2) is 32.3 Å². The molecule has 1 atom stereocenters. The van der Waals surface area contributed by atoms with Gasteiger partial charge in [-0.2, -0.15) is 4.99 Å². The number of guanidine groups is 1. The van der Waals surface area contributed by atoms with Crippen molar-refractivity contribution < 1.29 is 18.8 Å². The van der Waals surface area contributed by atoms with E-state index in [0.29, 0.717) is 23.2 Å². The number of para-hydroxylation sites is 2. The molecule has 8 nitrogen and oxygen atoms in total. The highest BCUT2D eigenvalue weighted by molar-refractivity contribution is 5.92. The van der Waals surface area contributed by atoms with E-state index < -0.39 is 0 Å². The Labute approximate surface area is 150 Å². The van der Waals surface area contributed by atoms with E-state index in [9.17, 15) is 0 Å². The SMILES string of the molecule is COc1cc([C@@H]2N=C(N)Nc3[nH]c4ccccc4[n+]32)cc(OC)c1OC. The van der Waals surface area contributed by atoms with Crippen LogP contribution in [0.2, 0.25) is 0 Å². The van der Waals surface area contributed by atoms with Crippen LogP contribution in [-0.2, 0) is 0 Å². The molecule has 134 valence electrons. The van der Waals surface area contributed by atoms with Crippen LogP contribution in [0.1, 0.15) is 11.7 Å². The molecule has 0 bridgehead atoms. The van der Waals surface area contributed by atoms with Gasteiger partial charge in [0.15, 0.2) is 11.5 Å². The average molecular weight is 354 g/mol. The number of nitrogens with zero attached hydrogens (tertiary/aromatic N) is 2. The molecular weight excluding hydrogens is 334 g/mol. The van der Waals surface area contributed by atoms with Crippen LogP contribution in [0.15, 0.2) is 41.4 Å². The van der Waals surface area contributed by atoms with Crippen molar-refractivity contribution in [1.82, 2.24) is 4.98 Å². The number of aromatic nitrogens is 2. The van der Waals surface area contributed by atoms with Crippen LogP contribution in [0.3, 0.4) is 0 Å². The molecule has 0 aliphatic carbocycles. The highest BCUT2D eigenvalue weighted by Gasteiger charge is 2.32. The number of aliphatic imine (C=N–C) groups is 1. The molecule has 4 rings (SSSR count). The fourth-order valence-corrected chi connectivity index (χ4v) is 3.26. The van der Waals surface area contributed by atoms with Crippen molar-refractivity contribution in [2.75, 3.05) is 26.6 Å². The van der Waals surface area contributed by atoms with E-state index in [2.05, 4.69) is 15.3 Å². The Kier molecular flexibility index (Phi) is 3.80. The summed E-state index contributed by atoms with van der Waals surface area (Å²) in [6, 6.07) is 11.8. The van der Waals surface area contributed by atoms with Gasteiger partial charge in [-0.3, -0.25) is 0 Å². The standard InChI is InChI=1S/C18H19N5O3/c1-24-13-8-10(9-14(25-2)15(13)26-3)16-21-17(19)22-18-20-11-6-4-5-7-12(11)23(16)18/h4-9,16H,1-3H3,(H3,19,20,21,22)/p+1/t16-/m1/s1. The molecule has 1 aromatic heterocycles. The molecule has 4 N–H and O–H groups in total. The molecule has 2 heterocycles. The summed E-state index contributed by atoms with van der Waals surface area (Å²) in [7, 11) is 4.75. The maximum absolute atomic E-state index is 6.01. The Morgan fingerprint density at radius 3 is 2.38 bits per heavy atom. The van der Waals surface area contributed by atoms with Crippen molar-refractivity contribution in [3.8, 4) is 17.2 Å². The number of hydrogen-bond donors (Lipinski definition) is 3. The highest BCUT2D eigenvalue weighted by Crippen LogP contribution is 2.40. The topological polar surface area (TPSA) is 97.8 Å². The second-order valence-electron chi connectivity index (χ2n) is 5.83. The van der Waals surface area contributed by atoms with Gasteiger partial charge in [0.2, 0.25) is 11.9 Å². The molecule has 2 aromatic carbocycles. The van der Waals surface area contributed by atoms with Gasteiger partial charge in [0.25, 0.3) is 5.96 Å². The lowest BCUT2D eigenvalue weighted by atomic mass is 10.1. The summed E-state index contributed by atoms with van der Waals surface area (Å²) < 4.78 is 18.4. The number of hydrogen-bond acceptors (Lipinski definition) is 6. The molecule has 0 unspecified atom stereocenters. The van der Waals surface area contributed by atoms with Crippen LogP contribution < -0.4 is 29.8 Å². The lowest BCUT2D eigenvalue weighted by Gasteiger charge is -2.20. The Morgan fingerprint density at radius 2 is 1.73 bits per heavy atom. The number of nitrogens with two attached hydrogens (primary N) is 1. The number of ether oxygens (including phenoxy) is 3. The van der Waals surface area contributed by atoms with Gasteiger partial charge in [0.1, 0.15) is 11.0 Å². The lowest BCUT2D eigenvalue weighted by molar-refractivity contribution is -0.674. The van der Waals surface area contributed by atoms with E-state index in [4.69, 9.17) is 19.9 Å². The molecule has 0 fully saturated rings. The summed E-state index contributed by atoms with van der Waals surface area (Å²) >= 11 is 0. The molecule has 0 saturated carbocycles. The second kappa shape index (κ2) is 6.14. The minimum Gasteiger partial charge on any atom is -0.493 e. The highest BCUT2D eigenvalue weighted by atomic mass is 16.5. The molecule has 0 saturated heterocycles. The summed E-state index contributed by atoms with van der Waals surface area (Å²) in [4.78, 5) is 7.93. The zero-order valence-corrected chi connectivity index (χ0v) is 14.7. The number of imidazole rings is 1. The Balaban J connectivity index is 1.94. The Hall–Kier alpha value is -3.42. The van der Waals surface area contributed by atoms with Crippen molar-refractivity contribution in [3.05, 3.63) is 42.0 Å². The van der Waals surface area contributed by atoms with Crippen molar-refractivity contribution >= 4 is 22.9 Å². The summed E-state index contributed by atoms with van der Waals surface area (Å²) in [5.41, 5.74) is 8.86. The van der Waals surface area contributed by atoms with Crippen LogP contribution in [0.25, 0.3) is 11.0 Å². The third-order valence-electron chi connectivity index (χ3n) is 4.40. The molecule has 1 aliphatic heterocycles. The summed E-state index contributed by atoms with van der Waals surface area (Å²) in [5.74, 6) is 2.76. The Bertz CT molecular complexity index is 986. The third kappa shape index (κ3) is 2.38. The fraction of sp³-hybridized carbons (Fsp3) is 0.222. The molecule has 0 radical (unpaired) electrons. The molecule has 0 spiro atoms. The second-order valence-corrected chi connectivity index (χ2v) is 5.83. The number of aromatic amines is 1. The number of fused-ring (bicyclic) bond motifs is 3. The monoisotopic (exact) mass is 354 g/mol. The fourth-order valence-electron chi connectivity index (χ4n) is 3.26. The van der Waals surface area contributed by atoms with Gasteiger partial charge >= 0.3 is 5.95 Å². The van der Waals surface area contributed by atoms with Crippen molar-refractivity contribution in [3.63, 3.8) is 0 Å². The van der Waals surface area contributed by atoms with Gasteiger partial charge < -0.3 is 19.9 Å². The predicted octanol–water partition coefficient (Wildman–Crippen LogP) is 1.77. The Morgan fingerprint density at radius 1 is 1.04 bits per heavy atom. The van der Waals surface area contributed by atoms with Crippen molar-refractivity contribution in [2.24, 2.45) is 10.7 Å². The van der Waals surface area contributed by atoms with Gasteiger partial charge in [-0.1, -0.05) is 12.1 Å². The molecule has 26 heavy (non-hydrogen) atoms. The number of methoxy groups -OCH3 is 3. The number of H-pyrrole nitrogens is 1. The van der Waals surface area contributed by atoms with E-state index in [0.717, 1.165) is 22.5 Å². The van der Waals surface area contributed by atoms with E-state index in [1.807, 2.05) is 41.0 Å². The summed E-state index contributed by atoms with van der Waals surface area (Å²) in [6.45, 7) is 0. The first kappa shape index (κ1) is 16.1. The largest absolute Gasteiger partial charge is 0.493 e. The van der Waals surface area contributed by atoms with Crippen LogP contribution in [0, 0.1) is 0 Å². The minimum atomic E-state index is -0.379. The van der Waals surface area contributed by atoms with E-state index in [1.54, 1.807) is 21.3 Å². The minimum absolute atomic E-state index is 0.329. The quantitative estimate of drug-likeness (QED) is 0.620. The zero-order chi connectivity index (χ0) is 18.3. The molecular formula is C18H20N5O3+. The molecule has 3 aromatic rings. The first-order valence-corrected chi connectivity index (χ1v) is 8.08. The lowest BCUT2D eigenvalue weighted by Crippen LogP contribution is -2.48. The van der Waals surface area contributed by atoms with Crippen LogP contribution >= 0.6 is 0 Å². The molecule has 1 aliphatic rings. The summed E-state index contributed by atoms with van der Waals surface area (Å²) in [6.07, 6.45) is -0.379. The van der Waals surface area contributed by atoms with E-state index in [-0.39, 0.29) is 6.17 Å². The van der Waals surface area contributed by atoms with Gasteiger partial charge in [0, 0.05) is 5.56 Å². The van der Waals surface area contributed by atoms with E-state index >= 15 is 0 Å². The van der Waals surface area contributed by atoms with Crippen molar-refractivity contribution in [1.29, 1.82) is 0 Å². The number of anilines is 1. The van der Waals surface area contributed by atoms with Crippen LogP contribution in [0.5, 0.6) is 17.2 Å². The van der Waals surface area contributed by atoms with Gasteiger partial charge in [-0.25, -0.2) is 14.9 Å². The zero-order valence-electron chi connectivity index (χ0n) is 14.7. The normalized spacial score (nSPS) is 15.8. The number of nitrogens with one attached hydrogen (secondary N) is 2. The maximum atomic E-state index is 6.01. The number of rotatable bonds is 4. The van der Waals surface area contributed by atoms with Gasteiger partial charge in [-0.15, -0.1) is 0 Å². The smallest absolute Gasteiger partial charge is 0.365 e. The molecule has 8 heteroatoms. The first-order chi connectivity index (χ1) is 12.7. The predicted molar refractivity (Wildman–Crippen MR) is 98.0 cm³/mol. The number of benzene rings is 2.